The summed E-state index contributed by atoms with van der Waals surface area (Å²) in [5, 5.41) is 2.63. The normalized spacial score (nSPS) is 10.7. The maximum atomic E-state index is 11.6. The Balaban J connectivity index is 2.66. The summed E-state index contributed by atoms with van der Waals surface area (Å²) in [6, 6.07) is 5.36. The van der Waals surface area contributed by atoms with Crippen molar-refractivity contribution in [3.05, 3.63) is 42.5 Å². The quantitative estimate of drug-likeness (QED) is 0.591. The van der Waals surface area contributed by atoms with Crippen LogP contribution in [0.5, 0.6) is 5.75 Å². The van der Waals surface area contributed by atoms with Gasteiger partial charge in [0.25, 0.3) is 0 Å². The van der Waals surface area contributed by atoms with Crippen LogP contribution in [0.4, 0.5) is 4.79 Å². The maximum absolute atomic E-state index is 11.6. The van der Waals surface area contributed by atoms with E-state index < -0.39 is 11.7 Å². The summed E-state index contributed by atoms with van der Waals surface area (Å²) in [4.78, 5) is 11.6. The van der Waals surface area contributed by atoms with Crippen LogP contribution in [-0.2, 0) is 9.47 Å². The number of hydrogen-bond donors (Lipinski definition) is 2. The molecule has 0 aliphatic carbocycles. The first kappa shape index (κ1) is 19.4. The van der Waals surface area contributed by atoms with Gasteiger partial charge in [0, 0.05) is 5.70 Å². The molecule has 6 heteroatoms. The fraction of sp³-hybridized carbons (Fsp3) is 0.389. The minimum Gasteiger partial charge on any atom is -0.497 e. The van der Waals surface area contributed by atoms with Crippen molar-refractivity contribution in [1.29, 1.82) is 0 Å². The molecule has 3 N–H and O–H groups in total. The van der Waals surface area contributed by atoms with Crippen LogP contribution in [-0.4, -0.2) is 32.0 Å². The predicted molar refractivity (Wildman–Crippen MR) is 95.4 cm³/mol. The van der Waals surface area contributed by atoms with Gasteiger partial charge in [-0.1, -0.05) is 13.2 Å². The highest BCUT2D eigenvalue weighted by atomic mass is 16.6. The topological polar surface area (TPSA) is 82.8 Å². The van der Waals surface area contributed by atoms with Crippen LogP contribution in [0, 0.1) is 0 Å². The monoisotopic (exact) mass is 334 g/mol. The lowest BCUT2D eigenvalue weighted by molar-refractivity contribution is 0.0520. The average Bonchev–Trinajstić information content (AvgIpc) is 2.49. The minimum absolute atomic E-state index is 0.270. The number of nitrogens with one attached hydrogen (secondary N) is 1. The van der Waals surface area contributed by atoms with Crippen LogP contribution in [0.3, 0.4) is 0 Å². The van der Waals surface area contributed by atoms with E-state index in [0.717, 1.165) is 5.56 Å². The molecule has 132 valence electrons. The first-order chi connectivity index (χ1) is 11.1. The molecule has 24 heavy (non-hydrogen) atoms. The molecule has 1 rings (SSSR count). The van der Waals surface area contributed by atoms with Crippen molar-refractivity contribution in [2.75, 3.05) is 20.3 Å². The van der Waals surface area contributed by atoms with E-state index in [2.05, 4.69) is 18.5 Å². The third-order valence-electron chi connectivity index (χ3n) is 2.93. The SMILES string of the molecule is C=C(N)c1ccc(OCCNC(=O)OC(C)(C)C)c(C(=C)OC)c1. The smallest absolute Gasteiger partial charge is 0.407 e. The second-order valence-electron chi connectivity index (χ2n) is 6.14. The predicted octanol–water partition coefficient (Wildman–Crippen LogP) is 3.14. The van der Waals surface area contributed by atoms with Gasteiger partial charge in [-0.25, -0.2) is 4.79 Å². The van der Waals surface area contributed by atoms with Gasteiger partial charge < -0.3 is 25.3 Å². The third-order valence-corrected chi connectivity index (χ3v) is 2.93. The molecule has 0 saturated carbocycles. The molecule has 0 fully saturated rings. The van der Waals surface area contributed by atoms with E-state index in [9.17, 15) is 4.79 Å². The molecule has 0 atom stereocenters. The minimum atomic E-state index is -0.533. The summed E-state index contributed by atoms with van der Waals surface area (Å²) in [5.74, 6) is 1.03. The van der Waals surface area contributed by atoms with Crippen molar-refractivity contribution in [3.63, 3.8) is 0 Å². The Morgan fingerprint density at radius 2 is 1.96 bits per heavy atom. The van der Waals surface area contributed by atoms with Crippen LogP contribution in [0.15, 0.2) is 31.4 Å². The Bertz CT molecular complexity index is 618. The summed E-state index contributed by atoms with van der Waals surface area (Å²) in [6.45, 7) is 13.5. The van der Waals surface area contributed by atoms with Gasteiger partial charge in [-0.05, 0) is 44.5 Å². The average molecular weight is 334 g/mol. The van der Waals surface area contributed by atoms with Crippen LogP contribution < -0.4 is 15.8 Å². The van der Waals surface area contributed by atoms with E-state index in [0.29, 0.717) is 29.3 Å². The molecule has 1 amide bonds. The number of nitrogens with two attached hydrogens (primary N) is 1. The van der Waals surface area contributed by atoms with Gasteiger partial charge in [-0.2, -0.15) is 0 Å². The second-order valence-corrected chi connectivity index (χ2v) is 6.14. The maximum Gasteiger partial charge on any atom is 0.407 e. The summed E-state index contributed by atoms with van der Waals surface area (Å²) >= 11 is 0. The Kier molecular flexibility index (Phi) is 6.70. The number of methoxy groups -OCH3 is 1. The Labute approximate surface area is 143 Å². The fourth-order valence-electron chi connectivity index (χ4n) is 1.81. The van der Waals surface area contributed by atoms with E-state index in [1.54, 1.807) is 39.0 Å². The van der Waals surface area contributed by atoms with Crippen LogP contribution in [0.2, 0.25) is 0 Å². The fourth-order valence-corrected chi connectivity index (χ4v) is 1.81. The number of ether oxygens (including phenoxy) is 3. The molecule has 1 aromatic rings. The zero-order valence-electron chi connectivity index (χ0n) is 14.8. The third kappa shape index (κ3) is 6.24. The lowest BCUT2D eigenvalue weighted by atomic mass is 10.1. The zero-order chi connectivity index (χ0) is 18.3. The van der Waals surface area contributed by atoms with Gasteiger partial charge in [0.2, 0.25) is 0 Å². The molecule has 0 aliphatic heterocycles. The number of carbonyl (C=O) groups excluding carboxylic acids is 1. The molecule has 0 unspecified atom stereocenters. The van der Waals surface area contributed by atoms with Crippen molar-refractivity contribution in [3.8, 4) is 5.75 Å². The molecule has 0 radical (unpaired) electrons. The van der Waals surface area contributed by atoms with Gasteiger partial charge in [-0.3, -0.25) is 0 Å². The van der Waals surface area contributed by atoms with E-state index in [-0.39, 0.29) is 6.61 Å². The molecule has 6 nitrogen and oxygen atoms in total. The lowest BCUT2D eigenvalue weighted by Gasteiger charge is -2.20. The molecular formula is C18H26N2O4. The second kappa shape index (κ2) is 8.29. The van der Waals surface area contributed by atoms with Crippen molar-refractivity contribution < 1.29 is 19.0 Å². The summed E-state index contributed by atoms with van der Waals surface area (Å²) < 4.78 is 16.0. The highest BCUT2D eigenvalue weighted by Gasteiger charge is 2.15. The number of amides is 1. The molecule has 0 aromatic heterocycles. The first-order valence-electron chi connectivity index (χ1n) is 7.55. The van der Waals surface area contributed by atoms with Gasteiger partial charge >= 0.3 is 6.09 Å². The summed E-state index contributed by atoms with van der Waals surface area (Å²) in [5.41, 5.74) is 7.07. The zero-order valence-corrected chi connectivity index (χ0v) is 14.8. The standard InChI is InChI=1S/C18H26N2O4/c1-12(19)14-7-8-16(15(11-14)13(2)22-6)23-10-9-20-17(21)24-18(3,4)5/h7-8,11H,1-2,9-10,19H2,3-6H3,(H,20,21). The molecule has 0 bridgehead atoms. The molecule has 0 aliphatic rings. The highest BCUT2D eigenvalue weighted by Crippen LogP contribution is 2.28. The molecule has 0 spiro atoms. The Hall–Kier alpha value is -2.63. The van der Waals surface area contributed by atoms with E-state index in [1.165, 1.54) is 7.11 Å². The molecular weight excluding hydrogens is 308 g/mol. The van der Waals surface area contributed by atoms with Gasteiger partial charge in [0.05, 0.1) is 19.2 Å². The summed E-state index contributed by atoms with van der Waals surface area (Å²) in [7, 11) is 1.53. The summed E-state index contributed by atoms with van der Waals surface area (Å²) in [6.07, 6.45) is -0.484. The van der Waals surface area contributed by atoms with Crippen molar-refractivity contribution >= 4 is 17.5 Å². The molecule has 0 saturated heterocycles. The Morgan fingerprint density at radius 3 is 2.50 bits per heavy atom. The van der Waals surface area contributed by atoms with Crippen molar-refractivity contribution in [2.24, 2.45) is 5.73 Å². The van der Waals surface area contributed by atoms with Gasteiger partial charge in [-0.15, -0.1) is 0 Å². The van der Waals surface area contributed by atoms with Crippen LogP contribution >= 0.6 is 0 Å². The van der Waals surface area contributed by atoms with E-state index >= 15 is 0 Å². The van der Waals surface area contributed by atoms with Gasteiger partial charge in [0.15, 0.2) is 0 Å². The van der Waals surface area contributed by atoms with Crippen molar-refractivity contribution in [2.45, 2.75) is 26.4 Å². The number of alkyl carbamates (subject to hydrolysis) is 1. The molecule has 0 heterocycles. The first-order valence-corrected chi connectivity index (χ1v) is 7.55. The Morgan fingerprint density at radius 1 is 1.29 bits per heavy atom. The molecule has 1 aromatic carbocycles. The van der Waals surface area contributed by atoms with Gasteiger partial charge in [0.1, 0.15) is 23.7 Å². The lowest BCUT2D eigenvalue weighted by Crippen LogP contribution is -2.34. The van der Waals surface area contributed by atoms with E-state index in [4.69, 9.17) is 19.9 Å². The number of rotatable bonds is 7. The number of carbonyl (C=O) groups is 1. The largest absolute Gasteiger partial charge is 0.497 e. The number of benzene rings is 1. The van der Waals surface area contributed by atoms with Crippen LogP contribution in [0.25, 0.3) is 11.5 Å². The van der Waals surface area contributed by atoms with Crippen molar-refractivity contribution in [1.82, 2.24) is 5.32 Å². The van der Waals surface area contributed by atoms with Crippen LogP contribution in [0.1, 0.15) is 31.9 Å². The van der Waals surface area contributed by atoms with E-state index in [1.807, 2.05) is 0 Å². The highest BCUT2D eigenvalue weighted by molar-refractivity contribution is 5.71. The number of hydrogen-bond acceptors (Lipinski definition) is 5.